The van der Waals surface area contributed by atoms with Crippen LogP contribution >= 0.6 is 27.5 Å². The molecule has 1 amide bonds. The van der Waals surface area contributed by atoms with E-state index >= 15 is 0 Å². The molecule has 2 rings (SSSR count). The largest absolute Gasteiger partial charge is 0.345 e. The summed E-state index contributed by atoms with van der Waals surface area (Å²) in [5.74, 6) is -0.553. The lowest BCUT2D eigenvalue weighted by atomic mass is 9.99. The van der Waals surface area contributed by atoms with E-state index in [1.54, 1.807) is 12.1 Å². The first-order chi connectivity index (χ1) is 8.58. The fraction of sp³-hybridized carbons (Fsp3) is 0.462. The molecule has 1 N–H and O–H groups in total. The third-order valence-electron chi connectivity index (χ3n) is 3.39. The van der Waals surface area contributed by atoms with Gasteiger partial charge in [-0.3, -0.25) is 4.79 Å². The average Bonchev–Trinajstić information content (AvgIpc) is 2.81. The molecule has 0 atom stereocenters. The van der Waals surface area contributed by atoms with Crippen molar-refractivity contribution >= 4 is 33.4 Å². The summed E-state index contributed by atoms with van der Waals surface area (Å²) in [5, 5.41) is 2.89. The Labute approximate surface area is 119 Å². The maximum atomic E-state index is 13.8. The van der Waals surface area contributed by atoms with Gasteiger partial charge >= 0.3 is 0 Å². The minimum absolute atomic E-state index is 0.0563. The molecule has 1 aromatic carbocycles. The second-order valence-corrected chi connectivity index (χ2v) is 5.80. The van der Waals surface area contributed by atoms with E-state index in [1.165, 1.54) is 6.07 Å². The lowest BCUT2D eigenvalue weighted by Gasteiger charge is -2.28. The summed E-state index contributed by atoms with van der Waals surface area (Å²) in [5.41, 5.74) is -0.311. The molecule has 1 aromatic rings. The predicted octanol–water partition coefficient (Wildman–Crippen LogP) is 3.87. The van der Waals surface area contributed by atoms with Crippen LogP contribution in [0.4, 0.5) is 4.39 Å². The van der Waals surface area contributed by atoms with Crippen LogP contribution in [0.25, 0.3) is 0 Å². The normalized spacial score (nSPS) is 17.7. The van der Waals surface area contributed by atoms with E-state index < -0.39 is 11.7 Å². The molecule has 1 aliphatic carbocycles. The third-order valence-corrected chi connectivity index (χ3v) is 4.52. The molecule has 98 valence electrons. The number of hydrogen-bond donors (Lipinski definition) is 1. The first-order valence-corrected chi connectivity index (χ1v) is 7.23. The second-order valence-electron chi connectivity index (χ2n) is 4.68. The minimum atomic E-state index is -0.530. The number of rotatable bonds is 3. The van der Waals surface area contributed by atoms with Gasteiger partial charge in [-0.1, -0.05) is 18.9 Å². The summed E-state index contributed by atoms with van der Waals surface area (Å²) >= 11 is 9.03. The fourth-order valence-electron chi connectivity index (χ4n) is 2.33. The van der Waals surface area contributed by atoms with Crippen LogP contribution in [0.1, 0.15) is 36.0 Å². The molecular weight excluding hydrogens is 321 g/mol. The van der Waals surface area contributed by atoms with Crippen LogP contribution in [0.5, 0.6) is 0 Å². The van der Waals surface area contributed by atoms with Crippen molar-refractivity contribution < 1.29 is 9.18 Å². The molecule has 1 fully saturated rings. The van der Waals surface area contributed by atoms with Gasteiger partial charge in [-0.15, -0.1) is 11.6 Å². The highest BCUT2D eigenvalue weighted by atomic mass is 79.9. The molecule has 0 unspecified atom stereocenters. The summed E-state index contributed by atoms with van der Waals surface area (Å²) in [6.45, 7) is 0. The smallest absolute Gasteiger partial charge is 0.254 e. The van der Waals surface area contributed by atoms with Crippen LogP contribution in [-0.4, -0.2) is 17.3 Å². The summed E-state index contributed by atoms with van der Waals surface area (Å²) in [4.78, 5) is 12.1. The highest BCUT2D eigenvalue weighted by Gasteiger charge is 2.35. The Bertz CT molecular complexity index is 460. The van der Waals surface area contributed by atoms with E-state index in [0.717, 1.165) is 25.7 Å². The standard InChI is InChI=1S/C13H14BrClFNO/c14-10-5-3-4-9(11(10)16)12(18)17-13(8-15)6-1-2-7-13/h3-5H,1-2,6-8H2,(H,17,18). The Balaban J connectivity index is 2.19. The van der Waals surface area contributed by atoms with E-state index in [2.05, 4.69) is 21.2 Å². The van der Waals surface area contributed by atoms with Gasteiger partial charge in [0.05, 0.1) is 15.6 Å². The number of alkyl halides is 1. The Morgan fingerprint density at radius 2 is 2.11 bits per heavy atom. The Kier molecular flexibility index (Phi) is 4.28. The van der Waals surface area contributed by atoms with Crippen LogP contribution in [0, 0.1) is 5.82 Å². The SMILES string of the molecule is O=C(NC1(CCl)CCCC1)c1cccc(Br)c1F. The molecule has 0 aliphatic heterocycles. The van der Waals surface area contributed by atoms with Crippen LogP contribution in [0.3, 0.4) is 0 Å². The molecule has 0 aromatic heterocycles. The maximum absolute atomic E-state index is 13.8. The van der Waals surface area contributed by atoms with Crippen molar-refractivity contribution in [2.75, 3.05) is 5.88 Å². The van der Waals surface area contributed by atoms with Gasteiger partial charge in [0, 0.05) is 5.88 Å². The molecule has 0 spiro atoms. The number of halogens is 3. The molecule has 1 aliphatic rings. The van der Waals surface area contributed by atoms with Crippen molar-refractivity contribution in [3.63, 3.8) is 0 Å². The summed E-state index contributed by atoms with van der Waals surface area (Å²) < 4.78 is 14.1. The highest BCUT2D eigenvalue weighted by Crippen LogP contribution is 2.31. The summed E-state index contributed by atoms with van der Waals surface area (Å²) in [6.07, 6.45) is 3.82. The molecule has 0 heterocycles. The number of hydrogen-bond acceptors (Lipinski definition) is 1. The lowest BCUT2D eigenvalue weighted by Crippen LogP contribution is -2.48. The van der Waals surface area contributed by atoms with E-state index in [-0.39, 0.29) is 11.1 Å². The van der Waals surface area contributed by atoms with Crippen molar-refractivity contribution in [3.8, 4) is 0 Å². The molecule has 1 saturated carbocycles. The zero-order valence-electron chi connectivity index (χ0n) is 9.81. The minimum Gasteiger partial charge on any atom is -0.345 e. The first-order valence-electron chi connectivity index (χ1n) is 5.90. The topological polar surface area (TPSA) is 29.1 Å². The van der Waals surface area contributed by atoms with Gasteiger partial charge in [0.15, 0.2) is 0 Å². The van der Waals surface area contributed by atoms with Crippen molar-refractivity contribution in [3.05, 3.63) is 34.1 Å². The zero-order valence-corrected chi connectivity index (χ0v) is 12.2. The van der Waals surface area contributed by atoms with Crippen LogP contribution in [0.2, 0.25) is 0 Å². The molecule has 0 bridgehead atoms. The van der Waals surface area contributed by atoms with Gasteiger partial charge in [-0.25, -0.2) is 4.39 Å². The highest BCUT2D eigenvalue weighted by molar-refractivity contribution is 9.10. The van der Waals surface area contributed by atoms with E-state index in [9.17, 15) is 9.18 Å². The van der Waals surface area contributed by atoms with Crippen molar-refractivity contribution in [1.82, 2.24) is 5.32 Å². The van der Waals surface area contributed by atoms with E-state index in [0.29, 0.717) is 10.4 Å². The van der Waals surface area contributed by atoms with Crippen molar-refractivity contribution in [2.45, 2.75) is 31.2 Å². The quantitative estimate of drug-likeness (QED) is 0.835. The summed E-state index contributed by atoms with van der Waals surface area (Å²) in [7, 11) is 0. The molecule has 0 radical (unpaired) electrons. The van der Waals surface area contributed by atoms with Crippen LogP contribution in [-0.2, 0) is 0 Å². The Hall–Kier alpha value is -0.610. The number of carbonyl (C=O) groups excluding carboxylic acids is 1. The van der Waals surface area contributed by atoms with Gasteiger partial charge in [-0.2, -0.15) is 0 Å². The van der Waals surface area contributed by atoms with Crippen LogP contribution < -0.4 is 5.32 Å². The Morgan fingerprint density at radius 3 is 2.72 bits per heavy atom. The number of nitrogens with one attached hydrogen (secondary N) is 1. The van der Waals surface area contributed by atoms with Gasteiger partial charge in [-0.05, 0) is 40.9 Å². The van der Waals surface area contributed by atoms with Crippen LogP contribution in [0.15, 0.2) is 22.7 Å². The predicted molar refractivity (Wildman–Crippen MR) is 73.5 cm³/mol. The number of amides is 1. The maximum Gasteiger partial charge on any atom is 0.254 e. The first kappa shape index (κ1) is 13.8. The van der Waals surface area contributed by atoms with E-state index in [1.807, 2.05) is 0 Å². The lowest BCUT2D eigenvalue weighted by molar-refractivity contribution is 0.0905. The number of benzene rings is 1. The molecular formula is C13H14BrClFNO. The zero-order chi connectivity index (χ0) is 13.2. The number of carbonyl (C=O) groups is 1. The molecule has 5 heteroatoms. The monoisotopic (exact) mass is 333 g/mol. The molecule has 2 nitrogen and oxygen atoms in total. The Morgan fingerprint density at radius 1 is 1.44 bits per heavy atom. The molecule has 0 saturated heterocycles. The summed E-state index contributed by atoms with van der Waals surface area (Å²) in [6, 6.07) is 4.69. The average molecular weight is 335 g/mol. The van der Waals surface area contributed by atoms with Gasteiger partial charge in [0.25, 0.3) is 5.91 Å². The van der Waals surface area contributed by atoms with Crippen molar-refractivity contribution in [2.24, 2.45) is 0 Å². The van der Waals surface area contributed by atoms with E-state index in [4.69, 9.17) is 11.6 Å². The van der Waals surface area contributed by atoms with Gasteiger partial charge in [0.2, 0.25) is 0 Å². The van der Waals surface area contributed by atoms with Gasteiger partial charge < -0.3 is 5.32 Å². The molecule has 18 heavy (non-hydrogen) atoms. The van der Waals surface area contributed by atoms with Gasteiger partial charge in [0.1, 0.15) is 5.82 Å². The van der Waals surface area contributed by atoms with Crippen molar-refractivity contribution in [1.29, 1.82) is 0 Å². The third kappa shape index (κ3) is 2.69. The fourth-order valence-corrected chi connectivity index (χ4v) is 3.03. The second kappa shape index (κ2) is 5.57.